The van der Waals surface area contributed by atoms with Gasteiger partial charge in [-0.1, -0.05) is 0 Å². The number of nitrogens with zero attached hydrogens (tertiary/aromatic N) is 3. The minimum Gasteiger partial charge on any atom is -0.452 e. The molecule has 172 valence electrons. The van der Waals surface area contributed by atoms with Gasteiger partial charge in [0.05, 0.1) is 17.7 Å². The third-order valence-corrected chi connectivity index (χ3v) is 4.65. The first-order chi connectivity index (χ1) is 16.4. The van der Waals surface area contributed by atoms with Crippen LogP contribution < -0.4 is 14.8 Å². The molecular weight excluding hydrogens is 444 g/mol. The Morgan fingerprint density at radius 3 is 2.59 bits per heavy atom. The lowest BCUT2D eigenvalue weighted by Gasteiger charge is -2.12. The van der Waals surface area contributed by atoms with E-state index in [0.29, 0.717) is 17.0 Å². The first-order valence-electron chi connectivity index (χ1n) is 10.1. The summed E-state index contributed by atoms with van der Waals surface area (Å²) in [7, 11) is 1.84. The molecule has 0 radical (unpaired) electrons. The molecule has 2 aromatic carbocycles. The van der Waals surface area contributed by atoms with Crippen molar-refractivity contribution in [1.29, 1.82) is 5.41 Å². The van der Waals surface area contributed by atoms with Crippen LogP contribution in [0.2, 0.25) is 0 Å². The molecule has 2 N–H and O–H groups in total. The van der Waals surface area contributed by atoms with Crippen LogP contribution in [0.1, 0.15) is 5.69 Å². The van der Waals surface area contributed by atoms with Gasteiger partial charge < -0.3 is 19.5 Å². The SMILES string of the molecule is Cn1cnc(-c2cnc(CC=N)c(Oc3ccc(NC(=O)Oc4ccc(F)cc4)cc3F)c2)c1. The maximum Gasteiger partial charge on any atom is 0.417 e. The van der Waals surface area contributed by atoms with Crippen LogP contribution in [0.4, 0.5) is 19.3 Å². The maximum atomic E-state index is 14.8. The molecule has 0 spiro atoms. The van der Waals surface area contributed by atoms with Gasteiger partial charge >= 0.3 is 6.09 Å². The number of imidazole rings is 1. The van der Waals surface area contributed by atoms with E-state index in [1.807, 2.05) is 13.2 Å². The van der Waals surface area contributed by atoms with Crippen molar-refractivity contribution in [3.05, 3.63) is 84.6 Å². The molecule has 1 amide bonds. The number of amides is 1. The summed E-state index contributed by atoms with van der Waals surface area (Å²) in [6.07, 6.45) is 5.58. The molecule has 4 aromatic rings. The Bertz CT molecular complexity index is 1340. The lowest BCUT2D eigenvalue weighted by atomic mass is 10.1. The van der Waals surface area contributed by atoms with Crippen LogP contribution in [0.25, 0.3) is 11.3 Å². The van der Waals surface area contributed by atoms with Crippen LogP contribution in [-0.2, 0) is 13.5 Å². The molecule has 2 aromatic heterocycles. The number of benzene rings is 2. The Balaban J connectivity index is 1.51. The number of ether oxygens (including phenoxy) is 2. The quantitative estimate of drug-likeness (QED) is 0.360. The van der Waals surface area contributed by atoms with Crippen molar-refractivity contribution in [1.82, 2.24) is 14.5 Å². The second kappa shape index (κ2) is 9.90. The Morgan fingerprint density at radius 2 is 1.91 bits per heavy atom. The highest BCUT2D eigenvalue weighted by Crippen LogP contribution is 2.31. The largest absolute Gasteiger partial charge is 0.452 e. The first-order valence-corrected chi connectivity index (χ1v) is 10.1. The molecule has 0 unspecified atom stereocenters. The second-order valence-electron chi connectivity index (χ2n) is 7.22. The van der Waals surface area contributed by atoms with E-state index >= 15 is 0 Å². The van der Waals surface area contributed by atoms with E-state index < -0.39 is 17.7 Å². The predicted molar refractivity (Wildman–Crippen MR) is 121 cm³/mol. The molecular formula is C24H19F2N5O3. The number of halogens is 2. The maximum absolute atomic E-state index is 14.8. The summed E-state index contributed by atoms with van der Waals surface area (Å²) in [5.74, 6) is -0.873. The van der Waals surface area contributed by atoms with Gasteiger partial charge in [0.1, 0.15) is 17.3 Å². The van der Waals surface area contributed by atoms with Crippen molar-refractivity contribution < 1.29 is 23.0 Å². The summed E-state index contributed by atoms with van der Waals surface area (Å²) in [6, 6.07) is 10.4. The molecule has 0 saturated heterocycles. The number of anilines is 1. The van der Waals surface area contributed by atoms with Crippen LogP contribution in [0.3, 0.4) is 0 Å². The molecule has 2 heterocycles. The molecule has 10 heteroatoms. The third kappa shape index (κ3) is 5.41. The molecule has 0 saturated carbocycles. The standard InChI is InChI=1S/C24H19F2N5O3/c1-31-13-21(29-14-31)15-10-23(20(8-9-27)28-12-15)34-22-7-4-17(11-19(22)26)30-24(32)33-18-5-2-16(25)3-6-18/h2-7,9-14,27H,8H2,1H3,(H,30,32). The first kappa shape index (κ1) is 22.6. The summed E-state index contributed by atoms with van der Waals surface area (Å²) in [5, 5.41) is 9.78. The topological polar surface area (TPSA) is 102 Å². The number of aromatic nitrogens is 3. The number of pyridine rings is 1. The molecule has 0 bridgehead atoms. The summed E-state index contributed by atoms with van der Waals surface area (Å²) in [5.41, 5.74) is 1.93. The van der Waals surface area contributed by atoms with Crippen molar-refractivity contribution >= 4 is 18.0 Å². The van der Waals surface area contributed by atoms with Crippen LogP contribution in [0.15, 0.2) is 67.3 Å². The van der Waals surface area contributed by atoms with Gasteiger partial charge in [-0.2, -0.15) is 0 Å². The molecule has 0 aliphatic rings. The molecule has 4 rings (SSSR count). The van der Waals surface area contributed by atoms with E-state index in [0.717, 1.165) is 18.2 Å². The Labute approximate surface area is 193 Å². The van der Waals surface area contributed by atoms with Crippen LogP contribution in [0, 0.1) is 17.0 Å². The summed E-state index contributed by atoms with van der Waals surface area (Å²) in [6.45, 7) is 0. The highest BCUT2D eigenvalue weighted by molar-refractivity contribution is 5.86. The van der Waals surface area contributed by atoms with Gasteiger partial charge in [0.15, 0.2) is 11.6 Å². The number of hydrogen-bond donors (Lipinski definition) is 2. The van der Waals surface area contributed by atoms with Gasteiger partial charge in [-0.05, 0) is 42.5 Å². The molecule has 0 atom stereocenters. The van der Waals surface area contributed by atoms with E-state index in [2.05, 4.69) is 15.3 Å². The Morgan fingerprint density at radius 1 is 1.12 bits per heavy atom. The zero-order chi connectivity index (χ0) is 24.1. The summed E-state index contributed by atoms with van der Waals surface area (Å²) < 4.78 is 40.3. The number of hydrogen-bond acceptors (Lipinski definition) is 6. The third-order valence-electron chi connectivity index (χ3n) is 4.65. The summed E-state index contributed by atoms with van der Waals surface area (Å²) >= 11 is 0. The highest BCUT2D eigenvalue weighted by atomic mass is 19.1. The number of carbonyl (C=O) groups is 1. The van der Waals surface area contributed by atoms with Crippen LogP contribution in [-0.4, -0.2) is 26.8 Å². The molecule has 0 aliphatic carbocycles. The number of aryl methyl sites for hydroxylation is 1. The van der Waals surface area contributed by atoms with Crippen LogP contribution in [0.5, 0.6) is 17.2 Å². The normalized spacial score (nSPS) is 10.6. The van der Waals surface area contributed by atoms with E-state index in [4.69, 9.17) is 14.9 Å². The zero-order valence-electron chi connectivity index (χ0n) is 18.0. The van der Waals surface area contributed by atoms with Crippen molar-refractivity contribution in [3.8, 4) is 28.5 Å². The fraction of sp³-hybridized carbons (Fsp3) is 0.0833. The van der Waals surface area contributed by atoms with Crippen molar-refractivity contribution in [2.45, 2.75) is 6.42 Å². The molecule has 8 nitrogen and oxygen atoms in total. The molecule has 34 heavy (non-hydrogen) atoms. The average molecular weight is 463 g/mol. The fourth-order valence-electron chi connectivity index (χ4n) is 3.05. The van der Waals surface area contributed by atoms with E-state index in [-0.39, 0.29) is 29.4 Å². The van der Waals surface area contributed by atoms with Gasteiger partial charge in [-0.15, -0.1) is 0 Å². The average Bonchev–Trinajstić information content (AvgIpc) is 3.24. The minimum atomic E-state index is -0.861. The fourth-order valence-corrected chi connectivity index (χ4v) is 3.05. The van der Waals surface area contributed by atoms with Gasteiger partial charge in [0.2, 0.25) is 0 Å². The minimum absolute atomic E-state index is 0.0938. The number of nitrogens with one attached hydrogen (secondary N) is 2. The lowest BCUT2D eigenvalue weighted by molar-refractivity contribution is 0.215. The monoisotopic (exact) mass is 463 g/mol. The number of carbonyl (C=O) groups excluding carboxylic acids is 1. The smallest absolute Gasteiger partial charge is 0.417 e. The predicted octanol–water partition coefficient (Wildman–Crippen LogP) is 5.36. The highest BCUT2D eigenvalue weighted by Gasteiger charge is 2.14. The molecule has 0 fully saturated rings. The van der Waals surface area contributed by atoms with Crippen molar-refractivity contribution in [2.24, 2.45) is 7.05 Å². The lowest BCUT2D eigenvalue weighted by Crippen LogP contribution is -2.16. The zero-order valence-corrected chi connectivity index (χ0v) is 18.0. The van der Waals surface area contributed by atoms with E-state index in [1.165, 1.54) is 30.5 Å². The van der Waals surface area contributed by atoms with E-state index in [9.17, 15) is 13.6 Å². The van der Waals surface area contributed by atoms with Crippen LogP contribution >= 0.6 is 0 Å². The molecule has 0 aliphatic heterocycles. The van der Waals surface area contributed by atoms with Crippen molar-refractivity contribution in [2.75, 3.05) is 5.32 Å². The van der Waals surface area contributed by atoms with Crippen molar-refractivity contribution in [3.63, 3.8) is 0 Å². The van der Waals surface area contributed by atoms with Gasteiger partial charge in [0.25, 0.3) is 0 Å². The second-order valence-corrected chi connectivity index (χ2v) is 7.22. The Hall–Kier alpha value is -4.60. The summed E-state index contributed by atoms with van der Waals surface area (Å²) in [4.78, 5) is 20.6. The Kier molecular flexibility index (Phi) is 6.58. The van der Waals surface area contributed by atoms with Gasteiger partial charge in [0, 0.05) is 49.4 Å². The van der Waals surface area contributed by atoms with Gasteiger partial charge in [-0.3, -0.25) is 10.3 Å². The van der Waals surface area contributed by atoms with E-state index in [1.54, 1.807) is 23.2 Å². The number of rotatable bonds is 7. The van der Waals surface area contributed by atoms with Gasteiger partial charge in [-0.25, -0.2) is 18.6 Å².